The van der Waals surface area contributed by atoms with E-state index in [2.05, 4.69) is 10.2 Å². The molecule has 0 radical (unpaired) electrons. The number of carbonyl (C=O) groups excluding carboxylic acids is 2. The Morgan fingerprint density at radius 2 is 1.96 bits per heavy atom. The van der Waals surface area contributed by atoms with Gasteiger partial charge in [0.25, 0.3) is 0 Å². The van der Waals surface area contributed by atoms with E-state index in [-0.39, 0.29) is 17.9 Å². The summed E-state index contributed by atoms with van der Waals surface area (Å²) >= 11 is 0. The van der Waals surface area contributed by atoms with Crippen LogP contribution in [-0.2, 0) is 16.1 Å². The highest BCUT2D eigenvalue weighted by molar-refractivity contribution is 5.82. The fraction of sp³-hybridized carbons (Fsp3) is 0.684. The molecule has 1 aliphatic heterocycles. The van der Waals surface area contributed by atoms with Crippen molar-refractivity contribution in [2.75, 3.05) is 26.2 Å². The number of carbonyl (C=O) groups is 2. The summed E-state index contributed by atoms with van der Waals surface area (Å²) in [6.45, 7) is 5.34. The van der Waals surface area contributed by atoms with E-state index < -0.39 is 0 Å². The first-order valence-corrected chi connectivity index (χ1v) is 9.51. The molecule has 1 saturated carbocycles. The summed E-state index contributed by atoms with van der Waals surface area (Å²) in [5, 5.41) is 3.05. The van der Waals surface area contributed by atoms with Gasteiger partial charge in [-0.05, 0) is 30.9 Å². The lowest BCUT2D eigenvalue weighted by Gasteiger charge is -2.40. The molecule has 1 aliphatic carbocycles. The van der Waals surface area contributed by atoms with Gasteiger partial charge in [-0.15, -0.1) is 0 Å². The van der Waals surface area contributed by atoms with E-state index in [0.717, 1.165) is 44.8 Å². The zero-order chi connectivity index (χ0) is 17.6. The minimum Gasteiger partial charge on any atom is -0.467 e. The molecule has 0 bridgehead atoms. The lowest BCUT2D eigenvalue weighted by atomic mass is 9.95. The van der Waals surface area contributed by atoms with Crippen LogP contribution in [0.3, 0.4) is 0 Å². The van der Waals surface area contributed by atoms with Crippen LogP contribution in [-0.4, -0.2) is 53.8 Å². The van der Waals surface area contributed by atoms with E-state index in [1.165, 1.54) is 12.8 Å². The predicted octanol–water partition coefficient (Wildman–Crippen LogP) is 2.01. The van der Waals surface area contributed by atoms with Crippen molar-refractivity contribution in [2.45, 2.75) is 51.6 Å². The standard InChI is InChI=1S/C19H29N3O3/c1-2-17(23)21-9-11-22(12-10-21)18(15-6-3-4-7-15)19(24)20-14-16-8-5-13-25-16/h5,8,13,15,18H,2-4,6-7,9-12,14H2,1H3,(H,20,24). The monoisotopic (exact) mass is 347 g/mol. The predicted molar refractivity (Wildman–Crippen MR) is 94.7 cm³/mol. The van der Waals surface area contributed by atoms with Gasteiger partial charge in [0.1, 0.15) is 5.76 Å². The number of piperazine rings is 1. The van der Waals surface area contributed by atoms with E-state index in [1.54, 1.807) is 6.26 Å². The molecule has 0 aromatic carbocycles. The number of nitrogens with one attached hydrogen (secondary N) is 1. The van der Waals surface area contributed by atoms with Crippen molar-refractivity contribution >= 4 is 11.8 Å². The molecule has 1 saturated heterocycles. The van der Waals surface area contributed by atoms with Crippen LogP contribution >= 0.6 is 0 Å². The van der Waals surface area contributed by atoms with E-state index in [9.17, 15) is 9.59 Å². The summed E-state index contributed by atoms with van der Waals surface area (Å²) in [7, 11) is 0. The SMILES string of the molecule is CCC(=O)N1CCN(C(C(=O)NCc2ccco2)C2CCCC2)CC1. The fourth-order valence-electron chi connectivity index (χ4n) is 4.12. The fourth-order valence-corrected chi connectivity index (χ4v) is 4.12. The van der Waals surface area contributed by atoms with Crippen LogP contribution in [0, 0.1) is 5.92 Å². The van der Waals surface area contributed by atoms with Gasteiger partial charge in [-0.3, -0.25) is 14.5 Å². The Bertz CT molecular complexity index is 558. The molecule has 6 heteroatoms. The van der Waals surface area contributed by atoms with Gasteiger partial charge in [0.05, 0.1) is 18.8 Å². The van der Waals surface area contributed by atoms with Crippen LogP contribution in [0.2, 0.25) is 0 Å². The van der Waals surface area contributed by atoms with E-state index >= 15 is 0 Å². The number of hydrogen-bond donors (Lipinski definition) is 1. The van der Waals surface area contributed by atoms with Crippen molar-refractivity contribution in [1.29, 1.82) is 0 Å². The van der Waals surface area contributed by atoms with Gasteiger partial charge in [-0.1, -0.05) is 19.8 Å². The molecular formula is C19H29N3O3. The lowest BCUT2D eigenvalue weighted by molar-refractivity contribution is -0.135. The summed E-state index contributed by atoms with van der Waals surface area (Å²) in [5.41, 5.74) is 0. The highest BCUT2D eigenvalue weighted by Gasteiger charge is 2.37. The van der Waals surface area contributed by atoms with Crippen molar-refractivity contribution in [1.82, 2.24) is 15.1 Å². The second kappa shape index (κ2) is 8.52. The molecule has 6 nitrogen and oxygen atoms in total. The van der Waals surface area contributed by atoms with Gasteiger partial charge in [0, 0.05) is 32.6 Å². The summed E-state index contributed by atoms with van der Waals surface area (Å²) in [4.78, 5) is 29.0. The molecule has 1 aromatic rings. The van der Waals surface area contributed by atoms with Gasteiger partial charge in [-0.25, -0.2) is 0 Å². The normalized spacial score (nSPS) is 20.6. The Labute approximate surface area is 149 Å². The summed E-state index contributed by atoms with van der Waals surface area (Å²) < 4.78 is 5.31. The van der Waals surface area contributed by atoms with Gasteiger partial charge >= 0.3 is 0 Å². The molecular weight excluding hydrogens is 318 g/mol. The molecule has 1 atom stereocenters. The molecule has 0 spiro atoms. The van der Waals surface area contributed by atoms with E-state index in [4.69, 9.17) is 4.42 Å². The molecule has 2 aliphatic rings. The smallest absolute Gasteiger partial charge is 0.238 e. The Kier molecular flexibility index (Phi) is 6.13. The van der Waals surface area contributed by atoms with Crippen LogP contribution in [0.4, 0.5) is 0 Å². The number of hydrogen-bond acceptors (Lipinski definition) is 4. The first kappa shape index (κ1) is 18.0. The summed E-state index contributed by atoms with van der Waals surface area (Å²) in [6.07, 6.45) is 6.83. The van der Waals surface area contributed by atoms with Crippen LogP contribution in [0.25, 0.3) is 0 Å². The van der Waals surface area contributed by atoms with Crippen molar-refractivity contribution in [3.63, 3.8) is 0 Å². The minimum absolute atomic E-state index is 0.0867. The zero-order valence-electron chi connectivity index (χ0n) is 15.1. The highest BCUT2D eigenvalue weighted by atomic mass is 16.3. The number of amides is 2. The van der Waals surface area contributed by atoms with Gasteiger partial charge in [0.15, 0.2) is 0 Å². The van der Waals surface area contributed by atoms with Crippen LogP contribution in [0.15, 0.2) is 22.8 Å². The average Bonchev–Trinajstić information content (AvgIpc) is 3.34. The molecule has 3 rings (SSSR count). The Balaban J connectivity index is 1.61. The maximum atomic E-state index is 12.9. The Morgan fingerprint density at radius 3 is 2.56 bits per heavy atom. The number of rotatable bonds is 6. The second-order valence-corrected chi connectivity index (χ2v) is 7.06. The molecule has 138 valence electrons. The molecule has 2 amide bonds. The largest absolute Gasteiger partial charge is 0.467 e. The average molecular weight is 347 g/mol. The quantitative estimate of drug-likeness (QED) is 0.855. The van der Waals surface area contributed by atoms with Gasteiger partial charge in [0.2, 0.25) is 11.8 Å². The maximum Gasteiger partial charge on any atom is 0.238 e. The highest BCUT2D eigenvalue weighted by Crippen LogP contribution is 2.31. The third-order valence-corrected chi connectivity index (χ3v) is 5.49. The van der Waals surface area contributed by atoms with Crippen molar-refractivity contribution < 1.29 is 14.0 Å². The number of furan rings is 1. The van der Waals surface area contributed by atoms with Gasteiger partial charge < -0.3 is 14.6 Å². The summed E-state index contributed by atoms with van der Waals surface area (Å²) in [6, 6.07) is 3.62. The zero-order valence-corrected chi connectivity index (χ0v) is 15.1. The second-order valence-electron chi connectivity index (χ2n) is 7.06. The molecule has 1 unspecified atom stereocenters. The van der Waals surface area contributed by atoms with Crippen molar-refractivity contribution in [3.05, 3.63) is 24.2 Å². The number of nitrogens with zero attached hydrogens (tertiary/aromatic N) is 2. The molecule has 1 N–H and O–H groups in total. The molecule has 25 heavy (non-hydrogen) atoms. The van der Waals surface area contributed by atoms with Crippen LogP contribution in [0.5, 0.6) is 0 Å². The Hall–Kier alpha value is -1.82. The summed E-state index contributed by atoms with van der Waals surface area (Å²) in [5.74, 6) is 1.50. The van der Waals surface area contributed by atoms with Crippen molar-refractivity contribution in [3.8, 4) is 0 Å². The van der Waals surface area contributed by atoms with Crippen LogP contribution < -0.4 is 5.32 Å². The third-order valence-electron chi connectivity index (χ3n) is 5.49. The first-order chi connectivity index (χ1) is 12.2. The van der Waals surface area contributed by atoms with Crippen molar-refractivity contribution in [2.24, 2.45) is 5.92 Å². The topological polar surface area (TPSA) is 65.8 Å². The molecule has 1 aromatic heterocycles. The lowest BCUT2D eigenvalue weighted by Crippen LogP contribution is -2.57. The minimum atomic E-state index is -0.0867. The van der Waals surface area contributed by atoms with Crippen LogP contribution in [0.1, 0.15) is 44.8 Å². The van der Waals surface area contributed by atoms with Gasteiger partial charge in [-0.2, -0.15) is 0 Å². The van der Waals surface area contributed by atoms with E-state index in [1.807, 2.05) is 24.0 Å². The molecule has 2 fully saturated rings. The Morgan fingerprint density at radius 1 is 1.24 bits per heavy atom. The molecule has 2 heterocycles. The maximum absolute atomic E-state index is 12.9. The third kappa shape index (κ3) is 4.42. The first-order valence-electron chi connectivity index (χ1n) is 9.51. The van der Waals surface area contributed by atoms with E-state index in [0.29, 0.717) is 18.9 Å².